The van der Waals surface area contributed by atoms with Gasteiger partial charge in [-0.15, -0.1) is 0 Å². The Kier molecular flexibility index (Phi) is 6.39. The summed E-state index contributed by atoms with van der Waals surface area (Å²) in [5, 5.41) is 1.98. The van der Waals surface area contributed by atoms with Crippen LogP contribution in [0.15, 0.2) is 42.5 Å². The van der Waals surface area contributed by atoms with E-state index in [0.717, 1.165) is 23.6 Å². The Balaban J connectivity index is 1.40. The van der Waals surface area contributed by atoms with Crippen molar-refractivity contribution in [3.63, 3.8) is 0 Å². The Labute approximate surface area is 182 Å². The summed E-state index contributed by atoms with van der Waals surface area (Å²) in [6.45, 7) is 5.22. The van der Waals surface area contributed by atoms with E-state index in [4.69, 9.17) is 4.74 Å². The molecule has 1 atom stereocenters. The second-order valence-corrected chi connectivity index (χ2v) is 8.13. The highest BCUT2D eigenvalue weighted by Crippen LogP contribution is 2.25. The van der Waals surface area contributed by atoms with E-state index < -0.39 is 0 Å². The fourth-order valence-corrected chi connectivity index (χ4v) is 4.53. The summed E-state index contributed by atoms with van der Waals surface area (Å²) in [5.41, 5.74) is 0.689. The Hall–Kier alpha value is -3.09. The minimum Gasteiger partial charge on any atom is -0.450 e. The summed E-state index contributed by atoms with van der Waals surface area (Å²) in [5.74, 6) is -0.123. The van der Waals surface area contributed by atoms with Gasteiger partial charge in [-0.3, -0.25) is 9.59 Å². The summed E-state index contributed by atoms with van der Waals surface area (Å²) in [4.78, 5) is 43.6. The summed E-state index contributed by atoms with van der Waals surface area (Å²) in [7, 11) is 0. The lowest BCUT2D eigenvalue weighted by molar-refractivity contribution is -0.138. The molecule has 7 nitrogen and oxygen atoms in total. The molecule has 2 aromatic rings. The van der Waals surface area contributed by atoms with Crippen LogP contribution in [0.1, 0.15) is 30.1 Å². The lowest BCUT2D eigenvalue weighted by Crippen LogP contribution is -2.54. The van der Waals surface area contributed by atoms with Gasteiger partial charge in [0, 0.05) is 44.8 Å². The highest BCUT2D eigenvalue weighted by Gasteiger charge is 2.34. The quantitative estimate of drug-likeness (QED) is 0.761. The summed E-state index contributed by atoms with van der Waals surface area (Å²) in [6.07, 6.45) is 1.28. The Morgan fingerprint density at radius 3 is 2.39 bits per heavy atom. The molecule has 4 rings (SSSR count). The highest BCUT2D eigenvalue weighted by atomic mass is 16.6. The predicted octanol–water partition coefficient (Wildman–Crippen LogP) is 2.99. The van der Waals surface area contributed by atoms with Gasteiger partial charge in [-0.05, 0) is 36.6 Å². The van der Waals surface area contributed by atoms with Crippen molar-refractivity contribution in [2.75, 3.05) is 45.9 Å². The number of piperazine rings is 1. The molecule has 2 fully saturated rings. The number of benzene rings is 2. The van der Waals surface area contributed by atoms with E-state index in [-0.39, 0.29) is 23.8 Å². The molecule has 0 saturated carbocycles. The Bertz CT molecular complexity index is 963. The van der Waals surface area contributed by atoms with Gasteiger partial charge < -0.3 is 19.4 Å². The molecular weight excluding hydrogens is 394 g/mol. The minimum atomic E-state index is -0.320. The number of hydrogen-bond donors (Lipinski definition) is 0. The van der Waals surface area contributed by atoms with Crippen LogP contribution in [0.3, 0.4) is 0 Å². The van der Waals surface area contributed by atoms with Gasteiger partial charge in [-0.1, -0.05) is 36.4 Å². The zero-order chi connectivity index (χ0) is 21.8. The standard InChI is InChI=1S/C24H29N3O4/c1-2-31-24(30)26-15-13-25(14-16-26)22(28)19-9-6-12-27(17-19)23(29)21-11-5-8-18-7-3-4-10-20(18)21/h3-5,7-8,10-11,19H,2,6,9,12-17H2,1H3/t19-/m1/s1. The van der Waals surface area contributed by atoms with Gasteiger partial charge >= 0.3 is 6.09 Å². The lowest BCUT2D eigenvalue weighted by Gasteiger charge is -2.38. The molecule has 0 unspecified atom stereocenters. The van der Waals surface area contributed by atoms with E-state index in [1.165, 1.54) is 0 Å². The van der Waals surface area contributed by atoms with Gasteiger partial charge in [0.2, 0.25) is 5.91 Å². The third-order valence-electron chi connectivity index (χ3n) is 6.20. The second kappa shape index (κ2) is 9.37. The average molecular weight is 424 g/mol. The number of carbonyl (C=O) groups is 3. The van der Waals surface area contributed by atoms with Crippen LogP contribution in [0.25, 0.3) is 10.8 Å². The topological polar surface area (TPSA) is 70.2 Å². The molecule has 2 aliphatic rings. The van der Waals surface area contributed by atoms with Crippen molar-refractivity contribution in [2.24, 2.45) is 5.92 Å². The van der Waals surface area contributed by atoms with Crippen LogP contribution >= 0.6 is 0 Å². The monoisotopic (exact) mass is 423 g/mol. The number of rotatable bonds is 3. The van der Waals surface area contributed by atoms with Crippen LogP contribution in [0.2, 0.25) is 0 Å². The first-order valence-corrected chi connectivity index (χ1v) is 11.1. The molecular formula is C24H29N3O4. The fraction of sp³-hybridized carbons (Fsp3) is 0.458. The van der Waals surface area contributed by atoms with Gasteiger partial charge in [0.25, 0.3) is 5.91 Å². The number of piperidine rings is 1. The smallest absolute Gasteiger partial charge is 0.409 e. The number of likely N-dealkylation sites (tertiary alicyclic amines) is 1. The Morgan fingerprint density at radius 2 is 1.61 bits per heavy atom. The first-order valence-electron chi connectivity index (χ1n) is 11.1. The molecule has 2 aromatic carbocycles. The molecule has 2 saturated heterocycles. The van der Waals surface area contributed by atoms with Crippen LogP contribution < -0.4 is 0 Å². The molecule has 0 aliphatic carbocycles. The zero-order valence-corrected chi connectivity index (χ0v) is 18.0. The van der Waals surface area contributed by atoms with Gasteiger partial charge in [0.05, 0.1) is 12.5 Å². The third kappa shape index (κ3) is 4.50. The number of fused-ring (bicyclic) bond motifs is 1. The maximum atomic E-state index is 13.3. The summed E-state index contributed by atoms with van der Waals surface area (Å²) < 4.78 is 5.05. The number of amides is 3. The number of nitrogens with zero attached hydrogens (tertiary/aromatic N) is 3. The molecule has 0 spiro atoms. The minimum absolute atomic E-state index is 0.0126. The van der Waals surface area contributed by atoms with E-state index in [2.05, 4.69) is 0 Å². The van der Waals surface area contributed by atoms with E-state index in [1.807, 2.05) is 52.3 Å². The van der Waals surface area contributed by atoms with Crippen molar-refractivity contribution < 1.29 is 19.1 Å². The number of ether oxygens (including phenoxy) is 1. The number of hydrogen-bond acceptors (Lipinski definition) is 4. The van der Waals surface area contributed by atoms with Crippen LogP contribution in [0, 0.1) is 5.92 Å². The normalized spacial score (nSPS) is 19.4. The lowest BCUT2D eigenvalue weighted by atomic mass is 9.95. The van der Waals surface area contributed by atoms with Crippen molar-refractivity contribution in [3.8, 4) is 0 Å². The molecule has 0 bridgehead atoms. The van der Waals surface area contributed by atoms with E-state index in [1.54, 1.807) is 11.8 Å². The van der Waals surface area contributed by atoms with Gasteiger partial charge in [-0.25, -0.2) is 4.79 Å². The van der Waals surface area contributed by atoms with Crippen molar-refractivity contribution in [2.45, 2.75) is 19.8 Å². The predicted molar refractivity (Wildman–Crippen MR) is 118 cm³/mol. The molecule has 7 heteroatoms. The molecule has 2 heterocycles. The largest absolute Gasteiger partial charge is 0.450 e. The molecule has 0 N–H and O–H groups in total. The van der Waals surface area contributed by atoms with Gasteiger partial charge in [-0.2, -0.15) is 0 Å². The Morgan fingerprint density at radius 1 is 0.903 bits per heavy atom. The third-order valence-corrected chi connectivity index (χ3v) is 6.20. The van der Waals surface area contributed by atoms with Crippen molar-refractivity contribution in [1.82, 2.24) is 14.7 Å². The van der Waals surface area contributed by atoms with Crippen LogP contribution in [0.5, 0.6) is 0 Å². The van der Waals surface area contributed by atoms with Gasteiger partial charge in [0.15, 0.2) is 0 Å². The molecule has 0 radical (unpaired) electrons. The summed E-state index contributed by atoms with van der Waals surface area (Å²) in [6, 6.07) is 13.7. The molecule has 0 aromatic heterocycles. The summed E-state index contributed by atoms with van der Waals surface area (Å²) >= 11 is 0. The SMILES string of the molecule is CCOC(=O)N1CCN(C(=O)[C@@H]2CCCN(C(=O)c3cccc4ccccc34)C2)CC1. The maximum Gasteiger partial charge on any atom is 0.409 e. The molecule has 3 amide bonds. The molecule has 164 valence electrons. The molecule has 31 heavy (non-hydrogen) atoms. The zero-order valence-electron chi connectivity index (χ0n) is 18.0. The first-order chi connectivity index (χ1) is 15.1. The number of carbonyl (C=O) groups excluding carboxylic acids is 3. The van der Waals surface area contributed by atoms with Crippen molar-refractivity contribution in [1.29, 1.82) is 0 Å². The first kappa shape index (κ1) is 21.2. The van der Waals surface area contributed by atoms with Crippen molar-refractivity contribution >= 4 is 28.7 Å². The molecule has 2 aliphatic heterocycles. The van der Waals surface area contributed by atoms with Crippen LogP contribution in [-0.2, 0) is 9.53 Å². The van der Waals surface area contributed by atoms with Gasteiger partial charge in [0.1, 0.15) is 0 Å². The van der Waals surface area contributed by atoms with E-state index >= 15 is 0 Å². The fourth-order valence-electron chi connectivity index (χ4n) is 4.53. The van der Waals surface area contributed by atoms with Crippen LogP contribution in [-0.4, -0.2) is 78.5 Å². The van der Waals surface area contributed by atoms with Crippen molar-refractivity contribution in [3.05, 3.63) is 48.0 Å². The second-order valence-electron chi connectivity index (χ2n) is 8.13. The van der Waals surface area contributed by atoms with E-state index in [0.29, 0.717) is 51.4 Å². The van der Waals surface area contributed by atoms with E-state index in [9.17, 15) is 14.4 Å². The maximum absolute atomic E-state index is 13.3. The highest BCUT2D eigenvalue weighted by molar-refractivity contribution is 6.07. The van der Waals surface area contributed by atoms with Crippen LogP contribution in [0.4, 0.5) is 4.79 Å². The average Bonchev–Trinajstić information content (AvgIpc) is 2.83.